The third-order valence-corrected chi connectivity index (χ3v) is 3.00. The Morgan fingerprint density at radius 2 is 1.91 bits per heavy atom. The number of benzene rings is 2. The fourth-order valence-corrected chi connectivity index (χ4v) is 1.68. The number of carbonyl (C=O) groups excluding carboxylic acids is 1. The molecule has 4 nitrogen and oxygen atoms in total. The molecule has 114 valence electrons. The first-order chi connectivity index (χ1) is 10.6. The van der Waals surface area contributed by atoms with Crippen molar-refractivity contribution in [2.24, 2.45) is 5.16 Å². The number of anilines is 1. The molecule has 2 aromatic rings. The van der Waals surface area contributed by atoms with Crippen LogP contribution in [0.3, 0.4) is 0 Å². The molecule has 1 atom stereocenters. The van der Waals surface area contributed by atoms with Gasteiger partial charge < -0.3 is 10.2 Å². The molecule has 2 aromatic carbocycles. The number of carbonyl (C=O) groups is 1. The highest BCUT2D eigenvalue weighted by molar-refractivity contribution is 5.94. The highest BCUT2D eigenvalue weighted by atomic mass is 19.1. The van der Waals surface area contributed by atoms with Gasteiger partial charge in [-0.3, -0.25) is 4.79 Å². The minimum absolute atomic E-state index is 0.116. The average molecular weight is 300 g/mol. The van der Waals surface area contributed by atoms with Crippen LogP contribution in [0.1, 0.15) is 18.1 Å². The maximum absolute atomic E-state index is 13.4. The number of nitrogens with zero attached hydrogens (tertiary/aromatic N) is 1. The highest BCUT2D eigenvalue weighted by Crippen LogP contribution is 2.13. The van der Waals surface area contributed by atoms with Gasteiger partial charge in [0.2, 0.25) is 6.10 Å². The molecule has 0 fully saturated rings. The Hall–Kier alpha value is -2.69. The molecule has 2 rings (SSSR count). The molecule has 0 heterocycles. The summed E-state index contributed by atoms with van der Waals surface area (Å²) in [5.74, 6) is -0.961. The number of hydrogen-bond acceptors (Lipinski definition) is 3. The van der Waals surface area contributed by atoms with E-state index in [0.29, 0.717) is 0 Å². The zero-order valence-electron chi connectivity index (χ0n) is 12.4. The molecular weight excluding hydrogens is 283 g/mol. The van der Waals surface area contributed by atoms with E-state index in [2.05, 4.69) is 10.5 Å². The molecule has 5 heteroatoms. The molecule has 0 saturated carbocycles. The van der Waals surface area contributed by atoms with Gasteiger partial charge in [-0.15, -0.1) is 0 Å². The number of amides is 1. The molecule has 22 heavy (non-hydrogen) atoms. The minimum Gasteiger partial charge on any atom is -0.383 e. The topological polar surface area (TPSA) is 50.7 Å². The van der Waals surface area contributed by atoms with Gasteiger partial charge in [0.25, 0.3) is 5.91 Å². The number of nitrogens with one attached hydrogen (secondary N) is 1. The Kier molecular flexibility index (Phi) is 5.25. The maximum Gasteiger partial charge on any atom is 0.268 e. The normalized spacial score (nSPS) is 12.1. The molecule has 1 amide bonds. The molecule has 0 bridgehead atoms. The van der Waals surface area contributed by atoms with E-state index < -0.39 is 17.8 Å². The Morgan fingerprint density at radius 3 is 2.59 bits per heavy atom. The van der Waals surface area contributed by atoms with E-state index in [1.165, 1.54) is 18.3 Å². The minimum atomic E-state index is -0.832. The van der Waals surface area contributed by atoms with Crippen LogP contribution in [0, 0.1) is 12.7 Å². The third-order valence-electron chi connectivity index (χ3n) is 3.00. The predicted octanol–water partition coefficient (Wildman–Crippen LogP) is 3.51. The lowest BCUT2D eigenvalue weighted by Crippen LogP contribution is -2.26. The molecule has 0 aliphatic carbocycles. The van der Waals surface area contributed by atoms with E-state index in [4.69, 9.17) is 4.84 Å². The summed E-state index contributed by atoms with van der Waals surface area (Å²) >= 11 is 0. The van der Waals surface area contributed by atoms with E-state index in [0.717, 1.165) is 11.1 Å². The molecule has 0 spiro atoms. The summed E-state index contributed by atoms with van der Waals surface area (Å²) in [6.07, 6.45) is 0.688. The number of hydrogen-bond donors (Lipinski definition) is 1. The van der Waals surface area contributed by atoms with Gasteiger partial charge in [0, 0.05) is 0 Å². The van der Waals surface area contributed by atoms with Crippen LogP contribution >= 0.6 is 0 Å². The summed E-state index contributed by atoms with van der Waals surface area (Å²) in [5, 5.41) is 6.23. The first-order valence-corrected chi connectivity index (χ1v) is 6.87. The summed E-state index contributed by atoms with van der Waals surface area (Å²) in [4.78, 5) is 17.0. The average Bonchev–Trinajstić information content (AvgIpc) is 2.51. The second-order valence-corrected chi connectivity index (χ2v) is 4.86. The smallest absolute Gasteiger partial charge is 0.268 e. The summed E-state index contributed by atoms with van der Waals surface area (Å²) in [5.41, 5.74) is 2.13. The van der Waals surface area contributed by atoms with Gasteiger partial charge in [-0.25, -0.2) is 4.39 Å². The Balaban J connectivity index is 1.89. The van der Waals surface area contributed by atoms with Crippen LogP contribution in [0.5, 0.6) is 0 Å². The van der Waals surface area contributed by atoms with Gasteiger partial charge >= 0.3 is 0 Å². The fourth-order valence-electron chi connectivity index (χ4n) is 1.68. The standard InChI is InChI=1S/C17H17FN2O2/c1-12-7-9-14(10-8-12)11-19-22-13(2)17(21)20-16-6-4-3-5-15(16)18/h3-11,13H,1-2H3,(H,20,21)/b19-11-/t13-/m0/s1. The molecular formula is C17H17FN2O2. The highest BCUT2D eigenvalue weighted by Gasteiger charge is 2.15. The maximum atomic E-state index is 13.4. The molecule has 0 unspecified atom stereocenters. The summed E-state index contributed by atoms with van der Waals surface area (Å²) in [7, 11) is 0. The SMILES string of the molecule is Cc1ccc(/C=N\O[C@@H](C)C(=O)Nc2ccccc2F)cc1. The lowest BCUT2D eigenvalue weighted by molar-refractivity contribution is -0.126. The number of aryl methyl sites for hydroxylation is 1. The van der Waals surface area contributed by atoms with Gasteiger partial charge in [-0.05, 0) is 31.5 Å². The van der Waals surface area contributed by atoms with E-state index in [1.54, 1.807) is 19.1 Å². The fraction of sp³-hybridized carbons (Fsp3) is 0.176. The first-order valence-electron chi connectivity index (χ1n) is 6.87. The molecule has 0 saturated heterocycles. The van der Waals surface area contributed by atoms with Gasteiger partial charge in [0.15, 0.2) is 0 Å². The number of oxime groups is 1. The zero-order valence-corrected chi connectivity index (χ0v) is 12.4. The van der Waals surface area contributed by atoms with Crippen LogP contribution in [-0.4, -0.2) is 18.2 Å². The quantitative estimate of drug-likeness (QED) is 0.678. The monoisotopic (exact) mass is 300 g/mol. The van der Waals surface area contributed by atoms with Crippen molar-refractivity contribution in [2.75, 3.05) is 5.32 Å². The van der Waals surface area contributed by atoms with Crippen LogP contribution in [0.4, 0.5) is 10.1 Å². The largest absolute Gasteiger partial charge is 0.383 e. The Bertz CT molecular complexity index is 669. The van der Waals surface area contributed by atoms with Crippen LogP contribution in [0.25, 0.3) is 0 Å². The van der Waals surface area contributed by atoms with Crippen molar-refractivity contribution in [1.29, 1.82) is 0 Å². The van der Waals surface area contributed by atoms with Crippen molar-refractivity contribution in [3.8, 4) is 0 Å². The van der Waals surface area contributed by atoms with Gasteiger partial charge in [-0.2, -0.15) is 0 Å². The van der Waals surface area contributed by atoms with Gasteiger partial charge in [0.05, 0.1) is 11.9 Å². The zero-order chi connectivity index (χ0) is 15.9. The van der Waals surface area contributed by atoms with Gasteiger partial charge in [-0.1, -0.05) is 47.1 Å². The van der Waals surface area contributed by atoms with Crippen LogP contribution in [0.2, 0.25) is 0 Å². The molecule has 0 aromatic heterocycles. The van der Waals surface area contributed by atoms with E-state index >= 15 is 0 Å². The third kappa shape index (κ3) is 4.41. The molecule has 0 aliphatic heterocycles. The molecule has 0 aliphatic rings. The van der Waals surface area contributed by atoms with E-state index in [-0.39, 0.29) is 5.69 Å². The Labute approximate surface area is 128 Å². The second-order valence-electron chi connectivity index (χ2n) is 4.86. The molecule has 1 N–H and O–H groups in total. The van der Waals surface area contributed by atoms with Crippen LogP contribution < -0.4 is 5.32 Å². The van der Waals surface area contributed by atoms with E-state index in [1.807, 2.05) is 31.2 Å². The molecule has 0 radical (unpaired) electrons. The lowest BCUT2D eigenvalue weighted by atomic mass is 10.2. The van der Waals surface area contributed by atoms with Crippen molar-refractivity contribution >= 4 is 17.8 Å². The number of rotatable bonds is 5. The summed E-state index contributed by atoms with van der Waals surface area (Å²) in [6.45, 7) is 3.54. The van der Waals surface area contributed by atoms with Crippen LogP contribution in [-0.2, 0) is 9.63 Å². The first kappa shape index (κ1) is 15.7. The van der Waals surface area contributed by atoms with Crippen molar-refractivity contribution in [3.63, 3.8) is 0 Å². The van der Waals surface area contributed by atoms with Crippen molar-refractivity contribution in [3.05, 3.63) is 65.5 Å². The lowest BCUT2D eigenvalue weighted by Gasteiger charge is -2.10. The van der Waals surface area contributed by atoms with Crippen molar-refractivity contribution in [1.82, 2.24) is 0 Å². The summed E-state index contributed by atoms with van der Waals surface area (Å²) in [6, 6.07) is 13.6. The second kappa shape index (κ2) is 7.36. The number of halogens is 1. The van der Waals surface area contributed by atoms with Crippen molar-refractivity contribution in [2.45, 2.75) is 20.0 Å². The predicted molar refractivity (Wildman–Crippen MR) is 84.3 cm³/mol. The number of para-hydroxylation sites is 1. The van der Waals surface area contributed by atoms with Crippen molar-refractivity contribution < 1.29 is 14.0 Å². The van der Waals surface area contributed by atoms with Gasteiger partial charge in [0.1, 0.15) is 5.82 Å². The van der Waals surface area contributed by atoms with E-state index in [9.17, 15) is 9.18 Å². The summed E-state index contributed by atoms with van der Waals surface area (Å²) < 4.78 is 13.4. The van der Waals surface area contributed by atoms with Crippen LogP contribution in [0.15, 0.2) is 53.7 Å². The Morgan fingerprint density at radius 1 is 1.23 bits per heavy atom.